The molecule has 0 fully saturated rings. The first-order valence-corrected chi connectivity index (χ1v) is 19.3. The number of rotatable bonds is 17. The van der Waals surface area contributed by atoms with Crippen LogP contribution in [0, 0.1) is 22.7 Å². The Bertz CT molecular complexity index is 533. The molecule has 2 unspecified atom stereocenters. The molecule has 4 heteroatoms. The van der Waals surface area contributed by atoms with Crippen molar-refractivity contribution in [2.24, 2.45) is 22.7 Å². The van der Waals surface area contributed by atoms with Crippen molar-refractivity contribution in [3.05, 3.63) is 0 Å². The van der Waals surface area contributed by atoms with Crippen LogP contribution in [-0.4, -0.2) is 37.5 Å². The fraction of sp³-hybridized carbons (Fsp3) is 1.00. The summed E-state index contributed by atoms with van der Waals surface area (Å²) in [6, 6.07) is 0. The Morgan fingerprint density at radius 3 is 1.24 bits per heavy atom. The predicted molar refractivity (Wildman–Crippen MR) is 157 cm³/mol. The van der Waals surface area contributed by atoms with Gasteiger partial charge in [-0.2, -0.15) is 0 Å². The maximum absolute atomic E-state index is 14.9. The van der Waals surface area contributed by atoms with Crippen LogP contribution < -0.4 is 0 Å². The summed E-state index contributed by atoms with van der Waals surface area (Å²) in [7, 11) is -2.75. The van der Waals surface area contributed by atoms with Crippen LogP contribution in [0.2, 0.25) is 0 Å². The summed E-state index contributed by atoms with van der Waals surface area (Å²) >= 11 is 0. The van der Waals surface area contributed by atoms with Crippen molar-refractivity contribution in [1.82, 2.24) is 0 Å². The van der Waals surface area contributed by atoms with Crippen molar-refractivity contribution in [2.45, 2.75) is 128 Å². The van der Waals surface area contributed by atoms with E-state index >= 15 is 0 Å². The molecule has 0 aliphatic carbocycles. The molecular formula is C29H64O2P2. The van der Waals surface area contributed by atoms with Crippen LogP contribution in [0.4, 0.5) is 0 Å². The number of hydrogen-bond donors (Lipinski definition) is 0. The molecule has 0 saturated carbocycles. The molecule has 2 nitrogen and oxygen atoms in total. The van der Waals surface area contributed by atoms with Crippen LogP contribution in [0.3, 0.4) is 0 Å². The van der Waals surface area contributed by atoms with Gasteiger partial charge in [-0.15, -0.1) is 0 Å². The molecule has 2 atom stereocenters. The van der Waals surface area contributed by atoms with Gasteiger partial charge in [-0.3, -0.25) is 0 Å². The van der Waals surface area contributed by atoms with E-state index in [4.69, 9.17) is 4.31 Å². The molecule has 0 rings (SSSR count). The van der Waals surface area contributed by atoms with Crippen LogP contribution in [0.15, 0.2) is 0 Å². The van der Waals surface area contributed by atoms with Gasteiger partial charge in [-0.1, -0.05) is 0 Å². The molecule has 33 heavy (non-hydrogen) atoms. The second-order valence-corrected chi connectivity index (χ2v) is 23.2. The summed E-state index contributed by atoms with van der Waals surface area (Å²) < 4.78 is 22.3. The normalized spacial score (nSPS) is 18.4. The van der Waals surface area contributed by atoms with E-state index in [1.54, 1.807) is 0 Å². The van der Waals surface area contributed by atoms with Gasteiger partial charge in [0.1, 0.15) is 0 Å². The molecule has 0 aliphatic rings. The van der Waals surface area contributed by atoms with E-state index in [0.29, 0.717) is 11.8 Å². The van der Waals surface area contributed by atoms with E-state index in [0.717, 1.165) is 43.7 Å². The first-order valence-electron chi connectivity index (χ1n) is 14.2. The van der Waals surface area contributed by atoms with E-state index in [1.165, 1.54) is 38.5 Å². The van der Waals surface area contributed by atoms with Crippen LogP contribution in [0.25, 0.3) is 0 Å². The third-order valence-electron chi connectivity index (χ3n) is 6.93. The predicted octanol–water partition coefficient (Wildman–Crippen LogP) is 10.9. The molecule has 0 heterocycles. The second kappa shape index (κ2) is 13.8. The van der Waals surface area contributed by atoms with Crippen molar-refractivity contribution in [3.63, 3.8) is 0 Å². The summed E-state index contributed by atoms with van der Waals surface area (Å²) in [6.07, 6.45) is 14.4. The standard InChI is InChI=1S/C29H64O2P2/c1-13-16-19-33(12,20-17-14-2,21-18-15-3)31-32(30,24-26(4)22-28(6,7)8)25-27(5)23-29(9,10)11/h26-27H,13-25H2,1-12H3. The Hall–Kier alpha value is 0.620. The molecule has 0 aromatic heterocycles. The molecule has 0 radical (unpaired) electrons. The Kier molecular flexibility index (Phi) is 14.1. The summed E-state index contributed by atoms with van der Waals surface area (Å²) in [5.74, 6) is 0.852. The van der Waals surface area contributed by atoms with E-state index in [-0.39, 0.29) is 10.8 Å². The van der Waals surface area contributed by atoms with Gasteiger partial charge in [0.2, 0.25) is 0 Å². The quantitative estimate of drug-likeness (QED) is 0.183. The summed E-state index contributed by atoms with van der Waals surface area (Å²) in [5, 5.41) is 0. The molecular weight excluding hydrogens is 442 g/mol. The Morgan fingerprint density at radius 1 is 0.697 bits per heavy atom. The third kappa shape index (κ3) is 14.7. The van der Waals surface area contributed by atoms with Crippen molar-refractivity contribution in [2.75, 3.05) is 37.5 Å². The van der Waals surface area contributed by atoms with Gasteiger partial charge in [0.15, 0.2) is 0 Å². The van der Waals surface area contributed by atoms with Gasteiger partial charge < -0.3 is 0 Å². The van der Waals surface area contributed by atoms with Crippen molar-refractivity contribution < 1.29 is 8.88 Å². The minimum atomic E-state index is -2.75. The zero-order valence-corrected chi connectivity index (χ0v) is 26.8. The van der Waals surface area contributed by atoms with Gasteiger partial charge >= 0.3 is 211 Å². The molecule has 0 aliphatic heterocycles. The van der Waals surface area contributed by atoms with E-state index in [1.807, 2.05) is 0 Å². The van der Waals surface area contributed by atoms with E-state index in [9.17, 15) is 4.57 Å². The van der Waals surface area contributed by atoms with E-state index < -0.39 is 14.2 Å². The molecule has 0 amide bonds. The van der Waals surface area contributed by atoms with Crippen molar-refractivity contribution in [1.29, 1.82) is 0 Å². The Balaban J connectivity index is 6.22. The molecule has 0 bridgehead atoms. The first kappa shape index (κ1) is 33.6. The van der Waals surface area contributed by atoms with Crippen molar-refractivity contribution in [3.8, 4) is 0 Å². The SMILES string of the molecule is CCCCP(C)(CCCC)(CCCC)OP(=O)(CC(C)CC(C)(C)C)CC(C)CC(C)(C)C. The third-order valence-corrected chi connectivity index (χ3v) is 17.3. The van der Waals surface area contributed by atoms with E-state index in [2.05, 4.69) is 82.8 Å². The number of hydrogen-bond acceptors (Lipinski definition) is 2. The molecule has 0 N–H and O–H groups in total. The Labute approximate surface area is 210 Å². The summed E-state index contributed by atoms with van der Waals surface area (Å²) in [6.45, 7) is 25.3. The average molecular weight is 507 g/mol. The maximum atomic E-state index is 14.9. The fourth-order valence-electron chi connectivity index (χ4n) is 6.05. The average Bonchev–Trinajstić information content (AvgIpc) is 2.59. The molecule has 0 saturated heterocycles. The monoisotopic (exact) mass is 506 g/mol. The van der Waals surface area contributed by atoms with Crippen LogP contribution in [0.5, 0.6) is 0 Å². The molecule has 0 aromatic rings. The van der Waals surface area contributed by atoms with Gasteiger partial charge in [0.05, 0.1) is 0 Å². The van der Waals surface area contributed by atoms with Crippen LogP contribution >= 0.6 is 14.2 Å². The molecule has 0 aromatic carbocycles. The zero-order valence-electron chi connectivity index (χ0n) is 25.1. The van der Waals surface area contributed by atoms with Crippen LogP contribution in [0.1, 0.15) is 128 Å². The van der Waals surface area contributed by atoms with Gasteiger partial charge in [-0.05, 0) is 0 Å². The van der Waals surface area contributed by atoms with Crippen molar-refractivity contribution >= 4 is 14.2 Å². The fourth-order valence-corrected chi connectivity index (χ4v) is 17.9. The Morgan fingerprint density at radius 2 is 1.00 bits per heavy atom. The zero-order chi connectivity index (χ0) is 26.0. The second-order valence-electron chi connectivity index (χ2n) is 14.4. The van der Waals surface area contributed by atoms with Gasteiger partial charge in [0.25, 0.3) is 0 Å². The number of unbranched alkanes of at least 4 members (excludes halogenated alkanes) is 3. The molecule has 0 spiro atoms. The van der Waals surface area contributed by atoms with Gasteiger partial charge in [0, 0.05) is 0 Å². The minimum absolute atomic E-state index is 0.256. The summed E-state index contributed by atoms with van der Waals surface area (Å²) in [5.41, 5.74) is 0.511. The first-order chi connectivity index (χ1) is 14.9. The summed E-state index contributed by atoms with van der Waals surface area (Å²) in [4.78, 5) is 0. The topological polar surface area (TPSA) is 26.3 Å². The van der Waals surface area contributed by atoms with Gasteiger partial charge in [-0.25, -0.2) is 0 Å². The van der Waals surface area contributed by atoms with Crippen LogP contribution in [-0.2, 0) is 8.88 Å². The molecule has 202 valence electrons.